The minimum atomic E-state index is -1.05. The minimum Gasteiger partial charge on any atom is -0.480 e. The lowest BCUT2D eigenvalue weighted by Crippen LogP contribution is -2.56. The predicted octanol–water partition coefficient (Wildman–Crippen LogP) is 0.528. The molecule has 2 aliphatic rings. The van der Waals surface area contributed by atoms with Gasteiger partial charge in [0.25, 0.3) is 0 Å². The number of nitrogens with zero attached hydrogens (tertiary/aromatic N) is 1. The van der Waals surface area contributed by atoms with Crippen LogP contribution in [-0.4, -0.2) is 75.9 Å². The van der Waals surface area contributed by atoms with Crippen LogP contribution in [0.4, 0.5) is 0 Å². The maximum Gasteiger partial charge on any atom is 0.326 e. The van der Waals surface area contributed by atoms with Crippen LogP contribution in [0.25, 0.3) is 10.9 Å². The van der Waals surface area contributed by atoms with Crippen molar-refractivity contribution in [3.8, 4) is 0 Å². The quantitative estimate of drug-likeness (QED) is 0.382. The van der Waals surface area contributed by atoms with Crippen LogP contribution in [0.3, 0.4) is 0 Å². The van der Waals surface area contributed by atoms with Crippen molar-refractivity contribution in [1.82, 2.24) is 25.8 Å². The Morgan fingerprint density at radius 3 is 2.68 bits per heavy atom. The number of rotatable bonds is 8. The van der Waals surface area contributed by atoms with Gasteiger partial charge in [-0.15, -0.1) is 0 Å². The third-order valence-electron chi connectivity index (χ3n) is 6.66. The molecule has 5 N–H and O–H groups in total. The van der Waals surface area contributed by atoms with Gasteiger partial charge in [0.1, 0.15) is 18.1 Å². The SMILES string of the molecule is CC(NC(=O)C1CCCN1)C(=O)NC(Cc1c[nH]c2ccccc12)C(=O)N1CCCC1C(=O)O. The summed E-state index contributed by atoms with van der Waals surface area (Å²) in [6.45, 7) is 2.67. The molecular formula is C24H31N5O5. The lowest BCUT2D eigenvalue weighted by atomic mass is 10.0. The zero-order valence-corrected chi connectivity index (χ0v) is 19.2. The number of aromatic nitrogens is 1. The summed E-state index contributed by atoms with van der Waals surface area (Å²) in [6, 6.07) is 4.61. The molecule has 0 aliphatic carbocycles. The number of carboxylic acid groups (broad SMARTS) is 1. The van der Waals surface area contributed by atoms with E-state index < -0.39 is 35.9 Å². The summed E-state index contributed by atoms with van der Waals surface area (Å²) in [7, 11) is 0. The van der Waals surface area contributed by atoms with Gasteiger partial charge in [0.15, 0.2) is 0 Å². The highest BCUT2D eigenvalue weighted by atomic mass is 16.4. The third-order valence-corrected chi connectivity index (χ3v) is 6.66. The molecule has 2 aromatic rings. The first-order chi connectivity index (χ1) is 16.3. The molecule has 10 heteroatoms. The van der Waals surface area contributed by atoms with Gasteiger partial charge in [-0.25, -0.2) is 4.79 Å². The number of aromatic amines is 1. The van der Waals surface area contributed by atoms with Crippen LogP contribution in [0.5, 0.6) is 0 Å². The average molecular weight is 470 g/mol. The molecule has 10 nitrogen and oxygen atoms in total. The van der Waals surface area contributed by atoms with E-state index in [1.165, 1.54) is 4.90 Å². The lowest BCUT2D eigenvalue weighted by Gasteiger charge is -2.28. The number of amides is 3. The standard InChI is InChI=1S/C24H31N5O5/c1-14(27-22(31)18-8-4-10-25-18)21(30)28-19(23(32)29-11-5-9-20(29)24(33)34)12-15-13-26-17-7-3-2-6-16(15)17/h2-3,6-7,13-14,18-20,25-26H,4-5,8-12H2,1H3,(H,27,31)(H,28,30)(H,33,34). The van der Waals surface area contributed by atoms with Crippen molar-refractivity contribution in [3.05, 3.63) is 36.0 Å². The highest BCUT2D eigenvalue weighted by Crippen LogP contribution is 2.23. The third kappa shape index (κ3) is 5.06. The van der Waals surface area contributed by atoms with Gasteiger partial charge in [-0.2, -0.15) is 0 Å². The van der Waals surface area contributed by atoms with Gasteiger partial charge in [0.2, 0.25) is 17.7 Å². The second kappa shape index (κ2) is 10.3. The maximum atomic E-state index is 13.5. The van der Waals surface area contributed by atoms with Crippen LogP contribution in [0.2, 0.25) is 0 Å². The zero-order chi connectivity index (χ0) is 24.2. The smallest absolute Gasteiger partial charge is 0.326 e. The van der Waals surface area contributed by atoms with Gasteiger partial charge in [-0.1, -0.05) is 18.2 Å². The molecule has 34 heavy (non-hydrogen) atoms. The molecule has 0 radical (unpaired) electrons. The van der Waals surface area contributed by atoms with Gasteiger partial charge in [-0.05, 0) is 50.8 Å². The van der Waals surface area contributed by atoms with Gasteiger partial charge in [0.05, 0.1) is 6.04 Å². The van der Waals surface area contributed by atoms with E-state index in [1.807, 2.05) is 24.3 Å². The molecule has 3 amide bonds. The van der Waals surface area contributed by atoms with Crippen molar-refractivity contribution in [3.63, 3.8) is 0 Å². The summed E-state index contributed by atoms with van der Waals surface area (Å²) in [4.78, 5) is 55.0. The summed E-state index contributed by atoms with van der Waals surface area (Å²) in [5.74, 6) is -2.21. The Morgan fingerprint density at radius 2 is 1.94 bits per heavy atom. The topological polar surface area (TPSA) is 144 Å². The molecule has 3 heterocycles. The number of carboxylic acids is 1. The number of likely N-dealkylation sites (tertiary alicyclic amines) is 1. The fraction of sp³-hybridized carbons (Fsp3) is 0.500. The first-order valence-corrected chi connectivity index (χ1v) is 11.8. The Balaban J connectivity index is 1.51. The molecule has 0 bridgehead atoms. The van der Waals surface area contributed by atoms with Crippen molar-refractivity contribution in [2.24, 2.45) is 0 Å². The molecule has 0 saturated carbocycles. The van der Waals surface area contributed by atoms with Crippen molar-refractivity contribution < 1.29 is 24.3 Å². The predicted molar refractivity (Wildman–Crippen MR) is 125 cm³/mol. The Hall–Kier alpha value is -3.40. The van der Waals surface area contributed by atoms with Crippen LogP contribution in [0, 0.1) is 0 Å². The summed E-state index contributed by atoms with van der Waals surface area (Å²) < 4.78 is 0. The Labute approximate surface area is 197 Å². The molecule has 4 unspecified atom stereocenters. The number of hydrogen-bond donors (Lipinski definition) is 5. The zero-order valence-electron chi connectivity index (χ0n) is 19.2. The Morgan fingerprint density at radius 1 is 1.15 bits per heavy atom. The molecule has 4 atom stereocenters. The number of nitrogens with one attached hydrogen (secondary N) is 4. The molecule has 2 saturated heterocycles. The minimum absolute atomic E-state index is 0.197. The summed E-state index contributed by atoms with van der Waals surface area (Å²) in [6.07, 6.45) is 4.59. The number of para-hydroxylation sites is 1. The van der Waals surface area contributed by atoms with E-state index in [0.717, 1.165) is 29.4 Å². The first kappa shape index (κ1) is 23.7. The van der Waals surface area contributed by atoms with E-state index in [-0.39, 0.29) is 18.4 Å². The molecular weight excluding hydrogens is 438 g/mol. The van der Waals surface area contributed by atoms with Crippen LogP contribution < -0.4 is 16.0 Å². The molecule has 182 valence electrons. The lowest BCUT2D eigenvalue weighted by molar-refractivity contribution is -0.149. The fourth-order valence-electron chi connectivity index (χ4n) is 4.79. The number of hydrogen-bond acceptors (Lipinski definition) is 5. The van der Waals surface area contributed by atoms with Gasteiger partial charge in [0, 0.05) is 30.1 Å². The number of carbonyl (C=O) groups excluding carboxylic acids is 3. The number of aliphatic carboxylic acids is 1. The molecule has 4 rings (SSSR count). The van der Waals surface area contributed by atoms with Crippen molar-refractivity contribution in [1.29, 1.82) is 0 Å². The van der Waals surface area contributed by atoms with Crippen LogP contribution in [0.1, 0.15) is 38.2 Å². The Kier molecular flexibility index (Phi) is 7.16. The van der Waals surface area contributed by atoms with Crippen molar-refractivity contribution in [2.75, 3.05) is 13.1 Å². The highest BCUT2D eigenvalue weighted by molar-refractivity contribution is 5.95. The first-order valence-electron chi connectivity index (χ1n) is 11.8. The van der Waals surface area contributed by atoms with Crippen molar-refractivity contribution in [2.45, 2.75) is 63.2 Å². The molecule has 0 spiro atoms. The Bertz CT molecular complexity index is 1080. The molecule has 2 fully saturated rings. The highest BCUT2D eigenvalue weighted by Gasteiger charge is 2.38. The van der Waals surface area contributed by atoms with E-state index in [2.05, 4.69) is 20.9 Å². The maximum absolute atomic E-state index is 13.5. The average Bonchev–Trinajstić information content (AvgIpc) is 3.59. The summed E-state index contributed by atoms with van der Waals surface area (Å²) >= 11 is 0. The molecule has 1 aromatic heterocycles. The van der Waals surface area contributed by atoms with E-state index in [0.29, 0.717) is 25.8 Å². The number of fused-ring (bicyclic) bond motifs is 1. The molecule has 2 aliphatic heterocycles. The van der Waals surface area contributed by atoms with Crippen LogP contribution in [0.15, 0.2) is 30.5 Å². The molecule has 1 aromatic carbocycles. The van der Waals surface area contributed by atoms with Gasteiger partial charge in [-0.3, -0.25) is 14.4 Å². The second-order valence-electron chi connectivity index (χ2n) is 9.03. The number of H-pyrrole nitrogens is 1. The van der Waals surface area contributed by atoms with Crippen LogP contribution in [-0.2, 0) is 25.6 Å². The second-order valence-corrected chi connectivity index (χ2v) is 9.03. The van der Waals surface area contributed by atoms with E-state index >= 15 is 0 Å². The van der Waals surface area contributed by atoms with Crippen LogP contribution >= 0.6 is 0 Å². The number of carbonyl (C=O) groups is 4. The largest absolute Gasteiger partial charge is 0.480 e. The summed E-state index contributed by atoms with van der Waals surface area (Å²) in [5.41, 5.74) is 1.75. The normalized spacial score (nSPS) is 21.9. The van der Waals surface area contributed by atoms with Gasteiger partial charge < -0.3 is 30.9 Å². The monoisotopic (exact) mass is 469 g/mol. The fourth-order valence-corrected chi connectivity index (χ4v) is 4.79. The summed E-state index contributed by atoms with van der Waals surface area (Å²) in [5, 5.41) is 19.1. The van der Waals surface area contributed by atoms with Crippen molar-refractivity contribution >= 4 is 34.6 Å². The van der Waals surface area contributed by atoms with E-state index in [4.69, 9.17) is 0 Å². The van der Waals surface area contributed by atoms with Gasteiger partial charge >= 0.3 is 5.97 Å². The number of benzene rings is 1. The van der Waals surface area contributed by atoms with E-state index in [9.17, 15) is 24.3 Å². The van der Waals surface area contributed by atoms with E-state index in [1.54, 1.807) is 13.1 Å².